The summed E-state index contributed by atoms with van der Waals surface area (Å²) in [5, 5.41) is 0. The predicted molar refractivity (Wildman–Crippen MR) is 215 cm³/mol. The van der Waals surface area contributed by atoms with E-state index in [1.807, 2.05) is 0 Å². The van der Waals surface area contributed by atoms with Crippen molar-refractivity contribution in [3.63, 3.8) is 0 Å². The summed E-state index contributed by atoms with van der Waals surface area (Å²) < 4.78 is 2.33. The standard InChI is InChI=1S/C21H25.C16H13.C13H10.2ClH.Zr/c1-20(2,3)16-7-9-18-14(12-16)11-15-13-17(21(4,5)6)8-10-19(15)18;1-12-10-14-8-5-9-15(16(14)11-12)13-6-3-2-4-7-13;1-3-7-12(8-4-1)11-13-9-5-2-6-10-13;;;/h7-13H,1-6H3;2-11H,1H3;1-10H;2*1H;/q;;;;;+2/p-2. The van der Waals surface area contributed by atoms with Gasteiger partial charge in [0.15, 0.2) is 0 Å². The quantitative estimate of drug-likeness (QED) is 0.175. The Morgan fingerprint density at radius 1 is 0.472 bits per heavy atom. The van der Waals surface area contributed by atoms with Gasteiger partial charge >= 0.3 is 315 Å². The van der Waals surface area contributed by atoms with Crippen LogP contribution in [0.2, 0.25) is 0 Å². The molecule has 0 nitrogen and oxygen atoms in total. The van der Waals surface area contributed by atoms with E-state index in [9.17, 15) is 0 Å². The Hall–Kier alpha value is -3.61. The molecular weight excluding hydrogens is 763 g/mol. The normalized spacial score (nSPS) is 14.5. The van der Waals surface area contributed by atoms with Crippen LogP contribution in [-0.2, 0) is 32.1 Å². The average molecular weight is 811 g/mol. The largest absolute Gasteiger partial charge is 1.00 e. The Morgan fingerprint density at radius 3 is 1.42 bits per heavy atom. The van der Waals surface area contributed by atoms with Gasteiger partial charge in [-0.2, -0.15) is 0 Å². The zero-order valence-corrected chi connectivity index (χ0v) is 35.8. The zero-order chi connectivity index (χ0) is 35.5. The number of rotatable bonds is 5. The van der Waals surface area contributed by atoms with Crippen LogP contribution in [0.5, 0.6) is 0 Å². The Bertz CT molecular complexity index is 2220. The summed E-state index contributed by atoms with van der Waals surface area (Å²) in [6.07, 6.45) is 2.55. The van der Waals surface area contributed by atoms with Crippen molar-refractivity contribution in [3.05, 3.63) is 196 Å². The molecule has 6 aromatic carbocycles. The summed E-state index contributed by atoms with van der Waals surface area (Å²) in [5.41, 5.74) is 18.7. The summed E-state index contributed by atoms with van der Waals surface area (Å²) in [4.78, 5) is 0. The molecule has 3 heteroatoms. The number of allylic oxidation sites excluding steroid dienone is 1. The van der Waals surface area contributed by atoms with Crippen molar-refractivity contribution >= 4 is 9.28 Å². The van der Waals surface area contributed by atoms with Crippen LogP contribution in [-0.4, -0.2) is 3.21 Å². The van der Waals surface area contributed by atoms with E-state index in [4.69, 9.17) is 0 Å². The van der Waals surface area contributed by atoms with Crippen LogP contribution in [0, 0.1) is 0 Å². The molecule has 6 aromatic rings. The summed E-state index contributed by atoms with van der Waals surface area (Å²) in [7, 11) is 0. The van der Waals surface area contributed by atoms with Gasteiger partial charge in [-0.25, -0.2) is 0 Å². The van der Waals surface area contributed by atoms with Gasteiger partial charge in [-0.05, 0) is 0 Å². The van der Waals surface area contributed by atoms with Crippen molar-refractivity contribution in [1.29, 1.82) is 0 Å². The first kappa shape index (κ1) is 39.1. The topological polar surface area (TPSA) is 0 Å². The van der Waals surface area contributed by atoms with Crippen LogP contribution in [0.1, 0.15) is 100 Å². The fourth-order valence-electron chi connectivity index (χ4n) is 8.53. The third-order valence-corrected chi connectivity index (χ3v) is 20.5. The van der Waals surface area contributed by atoms with Gasteiger partial charge in [0.05, 0.1) is 0 Å². The molecule has 2 aliphatic carbocycles. The first-order valence-electron chi connectivity index (χ1n) is 18.5. The second-order valence-electron chi connectivity index (χ2n) is 16.6. The van der Waals surface area contributed by atoms with Crippen LogP contribution in [0.25, 0.3) is 28.3 Å². The van der Waals surface area contributed by atoms with Gasteiger partial charge in [-0.3, -0.25) is 0 Å². The monoisotopic (exact) mass is 808 g/mol. The number of hydrogen-bond acceptors (Lipinski definition) is 0. The van der Waals surface area contributed by atoms with Crippen molar-refractivity contribution in [2.75, 3.05) is 0 Å². The van der Waals surface area contributed by atoms with Crippen molar-refractivity contribution in [3.8, 4) is 22.3 Å². The molecule has 2 aliphatic rings. The molecule has 8 rings (SSSR count). The van der Waals surface area contributed by atoms with Crippen molar-refractivity contribution in [2.45, 2.75) is 66.5 Å². The van der Waals surface area contributed by atoms with Crippen molar-refractivity contribution in [1.82, 2.24) is 0 Å². The van der Waals surface area contributed by atoms with Gasteiger partial charge in [0.2, 0.25) is 0 Å². The van der Waals surface area contributed by atoms with Crippen molar-refractivity contribution < 1.29 is 46.1 Å². The molecule has 0 spiro atoms. The summed E-state index contributed by atoms with van der Waals surface area (Å²) in [5.74, 6) is 0. The van der Waals surface area contributed by atoms with E-state index in [-0.39, 0.29) is 35.6 Å². The van der Waals surface area contributed by atoms with Gasteiger partial charge in [-0.1, -0.05) is 0 Å². The molecule has 53 heavy (non-hydrogen) atoms. The molecule has 0 aromatic heterocycles. The van der Waals surface area contributed by atoms with Gasteiger partial charge in [-0.15, -0.1) is 0 Å². The first-order chi connectivity index (χ1) is 24.5. The zero-order valence-electron chi connectivity index (χ0n) is 31.8. The van der Waals surface area contributed by atoms with Crippen LogP contribution in [0.3, 0.4) is 0 Å². The van der Waals surface area contributed by atoms with Crippen molar-refractivity contribution in [2.24, 2.45) is 0 Å². The van der Waals surface area contributed by atoms with E-state index >= 15 is 0 Å². The van der Waals surface area contributed by atoms with Gasteiger partial charge < -0.3 is 24.8 Å². The second kappa shape index (κ2) is 15.3. The van der Waals surface area contributed by atoms with Gasteiger partial charge in [0.25, 0.3) is 0 Å². The third kappa shape index (κ3) is 7.19. The number of benzene rings is 6. The van der Waals surface area contributed by atoms with Gasteiger partial charge in [0, 0.05) is 0 Å². The number of hydrogen-bond donors (Lipinski definition) is 0. The molecule has 266 valence electrons. The summed E-state index contributed by atoms with van der Waals surface area (Å²) in [6.45, 7) is 16.6. The van der Waals surface area contributed by atoms with Crippen LogP contribution >= 0.6 is 0 Å². The smallest absolute Gasteiger partial charge is 1.00 e. The van der Waals surface area contributed by atoms with E-state index in [1.165, 1.54) is 61.2 Å². The molecule has 0 N–H and O–H groups in total. The van der Waals surface area contributed by atoms with Crippen LogP contribution in [0.15, 0.2) is 151 Å². The molecular formula is C50H48Cl2Zr. The number of halogens is 2. The summed E-state index contributed by atoms with van der Waals surface area (Å²) >= 11 is -3.01. The maximum absolute atomic E-state index is 3.01. The SMILES string of the molecule is CC1=Cc2c(-c3ccccc3)cccc2[CH]1[Zr+2](=[C](c1ccccc1)c1ccccc1)[CH]1c2cc(C(C)(C)C)ccc2-c2ccc(C(C)(C)C)cc21.[Cl-].[Cl-]. The molecule has 1 atom stereocenters. The third-order valence-electron chi connectivity index (χ3n) is 11.1. The minimum absolute atomic E-state index is 0. The second-order valence-corrected chi connectivity index (χ2v) is 22.9. The fraction of sp³-hybridized carbons (Fsp3) is 0.220. The Morgan fingerprint density at radius 2 is 0.943 bits per heavy atom. The van der Waals surface area contributed by atoms with E-state index in [0.29, 0.717) is 7.25 Å². The Labute approximate surface area is 337 Å². The fourth-order valence-corrected chi connectivity index (χ4v) is 18.9. The maximum Gasteiger partial charge on any atom is -1.00 e. The van der Waals surface area contributed by atoms with E-state index in [2.05, 4.69) is 200 Å². The molecule has 0 fully saturated rings. The van der Waals surface area contributed by atoms with E-state index in [1.54, 1.807) is 14.3 Å². The van der Waals surface area contributed by atoms with Crippen LogP contribution in [0.4, 0.5) is 0 Å². The minimum Gasteiger partial charge on any atom is -1.00 e. The molecule has 0 saturated heterocycles. The molecule has 0 saturated carbocycles. The first-order valence-corrected chi connectivity index (χ1v) is 22.6. The molecule has 1 unspecified atom stereocenters. The van der Waals surface area contributed by atoms with E-state index < -0.39 is 21.3 Å². The Balaban J connectivity index is 0.00000240. The Kier molecular flexibility index (Phi) is 11.3. The number of fused-ring (bicyclic) bond motifs is 4. The molecule has 0 amide bonds. The molecule has 0 aliphatic heterocycles. The molecule has 0 heterocycles. The van der Waals surface area contributed by atoms with Crippen LogP contribution < -0.4 is 24.8 Å². The van der Waals surface area contributed by atoms with E-state index in [0.717, 1.165) is 0 Å². The molecule has 0 radical (unpaired) electrons. The maximum atomic E-state index is 2.61. The van der Waals surface area contributed by atoms with Gasteiger partial charge in [0.1, 0.15) is 0 Å². The molecule has 0 bridgehead atoms. The summed E-state index contributed by atoms with van der Waals surface area (Å²) in [6, 6.07) is 55.8. The minimum atomic E-state index is -3.01. The predicted octanol–water partition coefficient (Wildman–Crippen LogP) is 7.07. The average Bonchev–Trinajstić information content (AvgIpc) is 3.64.